The van der Waals surface area contributed by atoms with Crippen molar-refractivity contribution in [2.45, 2.75) is 49.6 Å². The number of primary amides is 1. The van der Waals surface area contributed by atoms with E-state index in [2.05, 4.69) is 5.32 Å². The fourth-order valence-electron chi connectivity index (χ4n) is 2.64. The minimum Gasteiger partial charge on any atom is -0.477 e. The van der Waals surface area contributed by atoms with E-state index in [4.69, 9.17) is 15.2 Å². The second-order valence-corrected chi connectivity index (χ2v) is 5.97. The molecule has 0 radical (unpaired) electrons. The van der Waals surface area contributed by atoms with Crippen LogP contribution in [-0.4, -0.2) is 94.0 Å². The van der Waals surface area contributed by atoms with E-state index in [-0.39, 0.29) is 0 Å². The van der Waals surface area contributed by atoms with E-state index in [1.165, 1.54) is 0 Å². The van der Waals surface area contributed by atoms with Gasteiger partial charge in [0.05, 0.1) is 18.2 Å². The summed E-state index contributed by atoms with van der Waals surface area (Å²) in [4.78, 5) is 44.7. The predicted molar refractivity (Wildman–Crippen MR) is 84.7 cm³/mol. The van der Waals surface area contributed by atoms with Crippen LogP contribution in [0.4, 0.5) is 0 Å². The van der Waals surface area contributed by atoms with Gasteiger partial charge >= 0.3 is 17.8 Å². The second kappa shape index (κ2) is 9.05. The van der Waals surface area contributed by atoms with Gasteiger partial charge in [0.2, 0.25) is 5.91 Å². The van der Waals surface area contributed by atoms with Crippen molar-refractivity contribution in [1.29, 1.82) is 0 Å². The predicted octanol–water partition coefficient (Wildman–Crippen LogP) is -4.61. The van der Waals surface area contributed by atoms with Crippen molar-refractivity contribution < 1.29 is 49.1 Å². The van der Waals surface area contributed by atoms with Crippen LogP contribution in [0.1, 0.15) is 13.3 Å². The summed E-state index contributed by atoms with van der Waals surface area (Å²) >= 11 is 0. The SMILES string of the molecule is CO[C@]1(C(=O)O)C[C@H](O)[C@@H](NC(C)=O)[C@H]([C@H](O)[C@H](O)CNC(=O)C(N)=O)O1. The van der Waals surface area contributed by atoms with Gasteiger partial charge in [-0.1, -0.05) is 0 Å². The maximum atomic E-state index is 11.5. The molecular formula is C14H23N3O10. The van der Waals surface area contributed by atoms with E-state index in [1.54, 1.807) is 0 Å². The molecule has 0 bridgehead atoms. The lowest BCUT2D eigenvalue weighted by Crippen LogP contribution is -2.68. The molecule has 13 heteroatoms. The zero-order valence-electron chi connectivity index (χ0n) is 14.6. The molecule has 1 aliphatic heterocycles. The van der Waals surface area contributed by atoms with E-state index >= 15 is 0 Å². The van der Waals surface area contributed by atoms with Crippen molar-refractivity contribution in [3.05, 3.63) is 0 Å². The molecule has 1 rings (SSSR count). The number of methoxy groups -OCH3 is 1. The van der Waals surface area contributed by atoms with Crippen molar-refractivity contribution in [3.63, 3.8) is 0 Å². The Morgan fingerprint density at radius 1 is 1.33 bits per heavy atom. The zero-order chi connectivity index (χ0) is 20.9. The lowest BCUT2D eigenvalue weighted by Gasteiger charge is -2.46. The fourth-order valence-corrected chi connectivity index (χ4v) is 2.64. The largest absolute Gasteiger partial charge is 0.477 e. The first kappa shape index (κ1) is 22.7. The molecule has 13 nitrogen and oxygen atoms in total. The van der Waals surface area contributed by atoms with Crippen LogP contribution in [0.25, 0.3) is 0 Å². The molecule has 6 atom stereocenters. The first-order chi connectivity index (χ1) is 12.4. The summed E-state index contributed by atoms with van der Waals surface area (Å²) in [7, 11) is 1.01. The number of nitrogens with one attached hydrogen (secondary N) is 2. The summed E-state index contributed by atoms with van der Waals surface area (Å²) in [6, 6.07) is -1.29. The molecule has 0 saturated carbocycles. The van der Waals surface area contributed by atoms with Crippen molar-refractivity contribution in [3.8, 4) is 0 Å². The molecule has 3 amide bonds. The third-order valence-corrected chi connectivity index (χ3v) is 4.02. The van der Waals surface area contributed by atoms with Gasteiger partial charge in [0, 0.05) is 27.0 Å². The van der Waals surface area contributed by atoms with Gasteiger partial charge in [-0.15, -0.1) is 0 Å². The average molecular weight is 393 g/mol. The Bertz CT molecular complexity index is 600. The number of aliphatic carboxylic acids is 1. The van der Waals surface area contributed by atoms with Crippen LogP contribution in [0.2, 0.25) is 0 Å². The quantitative estimate of drug-likeness (QED) is 0.205. The number of hydrogen-bond acceptors (Lipinski definition) is 9. The highest BCUT2D eigenvalue weighted by Crippen LogP contribution is 2.32. The maximum Gasteiger partial charge on any atom is 0.364 e. The molecule has 1 fully saturated rings. The van der Waals surface area contributed by atoms with E-state index < -0.39 is 72.9 Å². The van der Waals surface area contributed by atoms with Crippen molar-refractivity contribution >= 4 is 23.7 Å². The maximum absolute atomic E-state index is 11.5. The lowest BCUT2D eigenvalue weighted by molar-refractivity contribution is -0.303. The number of carboxylic acids is 1. The summed E-state index contributed by atoms with van der Waals surface area (Å²) < 4.78 is 10.1. The zero-order valence-corrected chi connectivity index (χ0v) is 14.6. The minimum absolute atomic E-state index is 0.568. The van der Waals surface area contributed by atoms with Gasteiger partial charge in [-0.2, -0.15) is 0 Å². The first-order valence-electron chi connectivity index (χ1n) is 7.80. The summed E-state index contributed by atoms with van der Waals surface area (Å²) in [6.07, 6.45) is -7.36. The summed E-state index contributed by atoms with van der Waals surface area (Å²) in [6.45, 7) is 0.480. The number of nitrogens with two attached hydrogens (primary N) is 1. The highest BCUT2D eigenvalue weighted by Gasteiger charge is 2.55. The Hall–Kier alpha value is -2.32. The average Bonchev–Trinajstić information content (AvgIpc) is 2.59. The van der Waals surface area contributed by atoms with Crippen LogP contribution in [0, 0.1) is 0 Å². The van der Waals surface area contributed by atoms with Crippen molar-refractivity contribution in [1.82, 2.24) is 10.6 Å². The molecule has 1 heterocycles. The molecule has 154 valence electrons. The highest BCUT2D eigenvalue weighted by atomic mass is 16.7. The minimum atomic E-state index is -2.34. The Balaban J connectivity index is 3.05. The van der Waals surface area contributed by atoms with Crippen molar-refractivity contribution in [2.24, 2.45) is 5.73 Å². The third-order valence-electron chi connectivity index (χ3n) is 4.02. The standard InChI is InChI=1S/C14H23N3O10/c1-5(18)17-8-6(19)3-14(26-2,13(24)25)27-10(8)9(21)7(20)4-16-12(23)11(15)22/h6-10,19-21H,3-4H2,1-2H3,(H2,15,22)(H,16,23)(H,17,18)(H,24,25)/t6-,7+,8+,9+,10+,14+/m0/s1. The topological polar surface area (TPSA) is 218 Å². The Morgan fingerprint density at radius 3 is 2.37 bits per heavy atom. The van der Waals surface area contributed by atoms with Crippen LogP contribution < -0.4 is 16.4 Å². The van der Waals surface area contributed by atoms with Gasteiger partial charge in [-0.05, 0) is 0 Å². The normalized spacial score (nSPS) is 30.0. The van der Waals surface area contributed by atoms with Gasteiger partial charge in [0.15, 0.2) is 0 Å². The molecule has 0 aromatic carbocycles. The van der Waals surface area contributed by atoms with E-state index in [1.807, 2.05) is 5.32 Å². The second-order valence-electron chi connectivity index (χ2n) is 5.97. The molecule has 0 unspecified atom stereocenters. The Morgan fingerprint density at radius 2 is 1.93 bits per heavy atom. The molecule has 0 aliphatic carbocycles. The fraction of sp³-hybridized carbons (Fsp3) is 0.714. The Labute approximate surface area is 153 Å². The smallest absolute Gasteiger partial charge is 0.364 e. The van der Waals surface area contributed by atoms with Crippen LogP contribution in [0.5, 0.6) is 0 Å². The van der Waals surface area contributed by atoms with Crippen LogP contribution in [0.3, 0.4) is 0 Å². The van der Waals surface area contributed by atoms with Gasteiger partial charge < -0.3 is 46.3 Å². The van der Waals surface area contributed by atoms with Gasteiger partial charge in [0.25, 0.3) is 5.79 Å². The number of carbonyl (C=O) groups is 4. The summed E-state index contributed by atoms with van der Waals surface area (Å²) in [5.74, 6) is -7.09. The number of aliphatic hydroxyl groups excluding tert-OH is 3. The molecule has 0 aromatic rings. The molecule has 0 aromatic heterocycles. The highest BCUT2D eigenvalue weighted by molar-refractivity contribution is 6.34. The number of aliphatic hydroxyl groups is 3. The first-order valence-corrected chi connectivity index (χ1v) is 7.80. The number of carbonyl (C=O) groups excluding carboxylic acids is 3. The molecule has 1 aliphatic rings. The van der Waals surface area contributed by atoms with Gasteiger partial charge in [0.1, 0.15) is 12.2 Å². The number of hydrogen-bond donors (Lipinski definition) is 7. The third kappa shape index (κ3) is 5.33. The van der Waals surface area contributed by atoms with E-state index in [0.717, 1.165) is 14.0 Å². The van der Waals surface area contributed by atoms with Crippen LogP contribution >= 0.6 is 0 Å². The number of ether oxygens (including phenoxy) is 2. The lowest BCUT2D eigenvalue weighted by atomic mass is 9.88. The van der Waals surface area contributed by atoms with Crippen LogP contribution in [-0.2, 0) is 28.7 Å². The summed E-state index contributed by atoms with van der Waals surface area (Å²) in [5.41, 5.74) is 4.74. The van der Waals surface area contributed by atoms with E-state index in [0.29, 0.717) is 0 Å². The van der Waals surface area contributed by atoms with Gasteiger partial charge in [-0.3, -0.25) is 14.4 Å². The van der Waals surface area contributed by atoms with E-state index in [9.17, 15) is 39.6 Å². The number of carboxylic acid groups (broad SMARTS) is 1. The number of rotatable bonds is 7. The monoisotopic (exact) mass is 393 g/mol. The molecule has 27 heavy (non-hydrogen) atoms. The summed E-state index contributed by atoms with van der Waals surface area (Å²) in [5, 5.41) is 44.3. The van der Waals surface area contributed by atoms with Crippen molar-refractivity contribution in [2.75, 3.05) is 13.7 Å². The molecule has 0 spiro atoms. The Kier molecular flexibility index (Phi) is 7.62. The molecule has 8 N–H and O–H groups in total. The molecule has 1 saturated heterocycles. The number of amides is 3. The molecular weight excluding hydrogens is 370 g/mol. The van der Waals surface area contributed by atoms with Gasteiger partial charge in [-0.25, -0.2) is 4.79 Å². The van der Waals surface area contributed by atoms with Crippen LogP contribution in [0.15, 0.2) is 0 Å².